The summed E-state index contributed by atoms with van der Waals surface area (Å²) in [5.41, 5.74) is 10.6. The van der Waals surface area contributed by atoms with Crippen molar-refractivity contribution in [1.29, 1.82) is 0 Å². The highest BCUT2D eigenvalue weighted by atomic mass is 16.5. The van der Waals surface area contributed by atoms with E-state index in [-0.39, 0.29) is 11.9 Å². The zero-order valence-corrected chi connectivity index (χ0v) is 20.3. The molecule has 0 aliphatic carbocycles. The number of nitrogens with zero attached hydrogens (tertiary/aromatic N) is 3. The summed E-state index contributed by atoms with van der Waals surface area (Å²) < 4.78 is 7.14. The highest BCUT2D eigenvalue weighted by Crippen LogP contribution is 2.29. The second-order valence-electron chi connectivity index (χ2n) is 9.28. The number of ether oxygens (including phenoxy) is 1. The van der Waals surface area contributed by atoms with Gasteiger partial charge in [-0.25, -0.2) is 9.97 Å². The fraction of sp³-hybridized carbons (Fsp3) is 0.370. The summed E-state index contributed by atoms with van der Waals surface area (Å²) in [7, 11) is 1.64. The molecule has 2 heterocycles. The van der Waals surface area contributed by atoms with Gasteiger partial charge < -0.3 is 20.4 Å². The normalized spacial score (nSPS) is 12.4. The van der Waals surface area contributed by atoms with Crippen LogP contribution >= 0.6 is 0 Å². The zero-order valence-electron chi connectivity index (χ0n) is 20.3. The van der Waals surface area contributed by atoms with Crippen molar-refractivity contribution in [3.63, 3.8) is 0 Å². The van der Waals surface area contributed by atoms with Gasteiger partial charge in [0.2, 0.25) is 0 Å². The lowest BCUT2D eigenvalue weighted by Gasteiger charge is -2.14. The van der Waals surface area contributed by atoms with E-state index in [1.807, 2.05) is 60.0 Å². The van der Waals surface area contributed by atoms with Crippen molar-refractivity contribution in [2.45, 2.75) is 52.6 Å². The third kappa shape index (κ3) is 4.98. The van der Waals surface area contributed by atoms with Gasteiger partial charge in [-0.3, -0.25) is 4.79 Å². The number of para-hydroxylation sites is 2. The number of aromatic nitrogens is 3. The second-order valence-corrected chi connectivity index (χ2v) is 9.28. The Morgan fingerprint density at radius 3 is 2.35 bits per heavy atom. The minimum Gasteiger partial charge on any atom is -0.497 e. The van der Waals surface area contributed by atoms with E-state index < -0.39 is 0 Å². The summed E-state index contributed by atoms with van der Waals surface area (Å²) in [5, 5.41) is 3.13. The first kappa shape index (κ1) is 23.5. The average molecular weight is 460 g/mol. The van der Waals surface area contributed by atoms with Crippen LogP contribution in [0.5, 0.6) is 5.75 Å². The number of hydrogen-bond acceptors (Lipinski definition) is 5. The minimum absolute atomic E-state index is 0.0408. The van der Waals surface area contributed by atoms with E-state index in [9.17, 15) is 4.79 Å². The molecule has 2 aromatic heterocycles. The summed E-state index contributed by atoms with van der Waals surface area (Å²) in [6.07, 6.45) is 3.13. The van der Waals surface area contributed by atoms with E-state index in [1.165, 1.54) is 0 Å². The lowest BCUT2D eigenvalue weighted by atomic mass is 10.0. The van der Waals surface area contributed by atoms with E-state index in [4.69, 9.17) is 20.4 Å². The molecule has 34 heavy (non-hydrogen) atoms. The van der Waals surface area contributed by atoms with Crippen molar-refractivity contribution in [2.24, 2.45) is 5.92 Å². The molecule has 3 N–H and O–H groups in total. The largest absolute Gasteiger partial charge is 0.497 e. The van der Waals surface area contributed by atoms with Crippen molar-refractivity contribution in [3.05, 3.63) is 59.7 Å². The number of benzene rings is 2. The number of nitrogens with two attached hydrogens (primary N) is 1. The molecule has 4 rings (SSSR count). The Hall–Kier alpha value is -3.61. The van der Waals surface area contributed by atoms with Crippen LogP contribution in [0, 0.1) is 5.92 Å². The number of fused-ring (bicyclic) bond motifs is 2. The van der Waals surface area contributed by atoms with Crippen LogP contribution in [-0.2, 0) is 6.54 Å². The van der Waals surface area contributed by atoms with Gasteiger partial charge in [0.15, 0.2) is 5.65 Å². The van der Waals surface area contributed by atoms with Crippen molar-refractivity contribution >= 4 is 33.9 Å². The van der Waals surface area contributed by atoms with Gasteiger partial charge in [-0.1, -0.05) is 51.0 Å². The van der Waals surface area contributed by atoms with Crippen LogP contribution in [0.25, 0.3) is 22.2 Å². The molecule has 0 fully saturated rings. The highest BCUT2D eigenvalue weighted by molar-refractivity contribution is 6.10. The highest BCUT2D eigenvalue weighted by Gasteiger charge is 2.25. The fourth-order valence-electron chi connectivity index (χ4n) is 4.21. The summed E-state index contributed by atoms with van der Waals surface area (Å²) in [4.78, 5) is 23.0. The van der Waals surface area contributed by atoms with Crippen molar-refractivity contribution in [2.75, 3.05) is 12.8 Å². The molecule has 7 heteroatoms. The first-order valence-corrected chi connectivity index (χ1v) is 11.9. The van der Waals surface area contributed by atoms with E-state index in [2.05, 4.69) is 19.2 Å². The first-order chi connectivity index (χ1) is 16.4. The van der Waals surface area contributed by atoms with Crippen LogP contribution in [0.1, 0.15) is 56.0 Å². The molecule has 2 aromatic carbocycles. The molecule has 0 aliphatic heterocycles. The average Bonchev–Trinajstić information content (AvgIpc) is 3.08. The second kappa shape index (κ2) is 10.1. The molecule has 0 bridgehead atoms. The number of carbonyl (C=O) groups is 1. The van der Waals surface area contributed by atoms with E-state index in [0.29, 0.717) is 35.0 Å². The molecule has 1 atom stereocenters. The maximum atomic E-state index is 13.4. The van der Waals surface area contributed by atoms with Crippen molar-refractivity contribution in [3.8, 4) is 5.75 Å². The van der Waals surface area contributed by atoms with Crippen LogP contribution in [0.15, 0.2) is 48.5 Å². The molecule has 1 unspecified atom stereocenters. The number of methoxy groups -OCH3 is 1. The van der Waals surface area contributed by atoms with Crippen LogP contribution < -0.4 is 15.8 Å². The molecule has 0 radical (unpaired) electrons. The number of carbonyl (C=O) groups excluding carboxylic acids is 1. The molecule has 0 spiro atoms. The van der Waals surface area contributed by atoms with Gasteiger partial charge in [0.25, 0.3) is 5.91 Å². The minimum atomic E-state index is -0.211. The number of rotatable bonds is 9. The van der Waals surface area contributed by atoms with Crippen LogP contribution in [0.2, 0.25) is 0 Å². The predicted octanol–water partition coefficient (Wildman–Crippen LogP) is 5.17. The third-order valence-corrected chi connectivity index (χ3v) is 6.11. The number of nitrogens with one attached hydrogen (secondary N) is 1. The lowest BCUT2D eigenvalue weighted by molar-refractivity contribution is 0.0940. The molecule has 0 saturated carbocycles. The number of nitrogen functional groups attached to an aromatic ring is 1. The topological polar surface area (TPSA) is 95.1 Å². The maximum absolute atomic E-state index is 13.4. The molecule has 0 saturated heterocycles. The van der Waals surface area contributed by atoms with E-state index >= 15 is 0 Å². The molecular weight excluding hydrogens is 426 g/mol. The molecule has 7 nitrogen and oxygen atoms in total. The fourth-order valence-corrected chi connectivity index (χ4v) is 4.21. The Morgan fingerprint density at radius 1 is 1.03 bits per heavy atom. The van der Waals surface area contributed by atoms with E-state index in [0.717, 1.165) is 41.6 Å². The van der Waals surface area contributed by atoms with Gasteiger partial charge in [0.05, 0.1) is 24.7 Å². The third-order valence-electron chi connectivity index (χ3n) is 6.11. The van der Waals surface area contributed by atoms with Crippen molar-refractivity contribution in [1.82, 2.24) is 19.9 Å². The summed E-state index contributed by atoms with van der Waals surface area (Å²) in [6, 6.07) is 15.5. The standard InChI is InChI=1S/C27H33N5O2/c1-17(2)8-7-9-18(3)29-27(33)23-24-26(31-22-11-6-5-10-21(22)30-24)32(25(23)28)16-19-12-14-20(34-4)15-13-19/h5-6,10-15,17-18H,7-9,16,28H2,1-4H3,(H,29,33). The summed E-state index contributed by atoms with van der Waals surface area (Å²) in [6.45, 7) is 6.93. The van der Waals surface area contributed by atoms with Gasteiger partial charge in [-0.05, 0) is 49.1 Å². The van der Waals surface area contributed by atoms with Gasteiger partial charge in [0.1, 0.15) is 22.6 Å². The molecule has 1 amide bonds. The Labute approximate surface area is 200 Å². The van der Waals surface area contributed by atoms with Gasteiger partial charge in [-0.2, -0.15) is 0 Å². The quantitative estimate of drug-likeness (QED) is 0.360. The molecule has 4 aromatic rings. The maximum Gasteiger partial charge on any atom is 0.257 e. The Balaban J connectivity index is 1.72. The lowest BCUT2D eigenvalue weighted by Crippen LogP contribution is -2.33. The SMILES string of the molecule is COc1ccc(Cn2c(N)c(C(=O)NC(C)CCCC(C)C)c3nc4ccccc4nc32)cc1. The summed E-state index contributed by atoms with van der Waals surface area (Å²) >= 11 is 0. The molecule has 178 valence electrons. The number of anilines is 1. The first-order valence-electron chi connectivity index (χ1n) is 11.9. The van der Waals surface area contributed by atoms with Gasteiger partial charge in [0, 0.05) is 6.04 Å². The molecule has 0 aliphatic rings. The van der Waals surface area contributed by atoms with Crippen LogP contribution in [0.4, 0.5) is 5.82 Å². The van der Waals surface area contributed by atoms with Crippen LogP contribution in [-0.4, -0.2) is 33.6 Å². The summed E-state index contributed by atoms with van der Waals surface area (Å²) in [5.74, 6) is 1.59. The Morgan fingerprint density at radius 2 is 1.71 bits per heavy atom. The van der Waals surface area contributed by atoms with Gasteiger partial charge >= 0.3 is 0 Å². The smallest absolute Gasteiger partial charge is 0.257 e. The van der Waals surface area contributed by atoms with E-state index in [1.54, 1.807) is 7.11 Å². The Bertz CT molecular complexity index is 1290. The molecular formula is C27H33N5O2. The van der Waals surface area contributed by atoms with Gasteiger partial charge in [-0.15, -0.1) is 0 Å². The van der Waals surface area contributed by atoms with Crippen molar-refractivity contribution < 1.29 is 9.53 Å². The number of amides is 1. The number of hydrogen-bond donors (Lipinski definition) is 2. The monoisotopic (exact) mass is 459 g/mol. The zero-order chi connectivity index (χ0) is 24.2. The predicted molar refractivity (Wildman–Crippen MR) is 137 cm³/mol. The van der Waals surface area contributed by atoms with Crippen LogP contribution in [0.3, 0.4) is 0 Å². The Kier molecular flexibility index (Phi) is 7.01.